The van der Waals surface area contributed by atoms with Crippen LogP contribution in [-0.2, 0) is 7.05 Å². The van der Waals surface area contributed by atoms with Crippen molar-refractivity contribution in [1.82, 2.24) is 4.57 Å². The van der Waals surface area contributed by atoms with Crippen molar-refractivity contribution in [3.05, 3.63) is 77.1 Å². The second kappa shape index (κ2) is 6.18. The molecule has 23 heavy (non-hydrogen) atoms. The lowest BCUT2D eigenvalue weighted by atomic mass is 10.1. The Morgan fingerprint density at radius 2 is 1.91 bits per heavy atom. The molecule has 0 atom stereocenters. The number of nitrogen functional groups attached to an aromatic ring is 1. The minimum absolute atomic E-state index is 0.103. The van der Waals surface area contributed by atoms with Crippen LogP contribution in [0.1, 0.15) is 16.1 Å². The predicted octanol–water partition coefficient (Wildman–Crippen LogP) is 4.24. The van der Waals surface area contributed by atoms with Gasteiger partial charge in [0.15, 0.2) is 0 Å². The molecule has 3 aromatic rings. The molecule has 0 bridgehead atoms. The van der Waals surface area contributed by atoms with E-state index in [9.17, 15) is 4.79 Å². The van der Waals surface area contributed by atoms with E-state index >= 15 is 0 Å². The van der Waals surface area contributed by atoms with E-state index in [1.807, 2.05) is 49.6 Å². The molecule has 0 radical (unpaired) electrons. The molecular formula is C18H16ClN3O. The zero-order valence-corrected chi connectivity index (χ0v) is 13.3. The molecule has 116 valence electrons. The van der Waals surface area contributed by atoms with Gasteiger partial charge in [-0.25, -0.2) is 0 Å². The zero-order chi connectivity index (χ0) is 16.4. The Hall–Kier alpha value is -2.72. The van der Waals surface area contributed by atoms with E-state index in [-0.39, 0.29) is 5.78 Å². The molecule has 0 amide bonds. The first-order chi connectivity index (χ1) is 11.1. The molecule has 1 aromatic heterocycles. The van der Waals surface area contributed by atoms with Crippen molar-refractivity contribution in [2.75, 3.05) is 11.1 Å². The summed E-state index contributed by atoms with van der Waals surface area (Å²) < 4.78 is 1.77. The van der Waals surface area contributed by atoms with Gasteiger partial charge in [0, 0.05) is 24.5 Å². The summed E-state index contributed by atoms with van der Waals surface area (Å²) in [7, 11) is 1.83. The highest BCUT2D eigenvalue weighted by Crippen LogP contribution is 2.27. The van der Waals surface area contributed by atoms with Gasteiger partial charge in [-0.2, -0.15) is 0 Å². The standard InChI is InChI=1S/C18H16ClN3O/c1-22-10-4-7-17(22)18(23)13-9-8-12(11-14(13)19)21-16-6-3-2-5-15(16)20/h2-11,21H,20H2,1H3. The summed E-state index contributed by atoms with van der Waals surface area (Å²) in [5.41, 5.74) is 9.20. The number of hydrogen-bond acceptors (Lipinski definition) is 3. The van der Waals surface area contributed by atoms with Crippen molar-refractivity contribution in [1.29, 1.82) is 0 Å². The van der Waals surface area contributed by atoms with Gasteiger partial charge in [0.1, 0.15) is 0 Å². The first-order valence-corrected chi connectivity index (χ1v) is 7.51. The third kappa shape index (κ3) is 3.07. The highest BCUT2D eigenvalue weighted by Gasteiger charge is 2.15. The van der Waals surface area contributed by atoms with Gasteiger partial charge in [0.2, 0.25) is 5.78 Å². The summed E-state index contributed by atoms with van der Waals surface area (Å²) in [4.78, 5) is 12.5. The van der Waals surface area contributed by atoms with Crippen LogP contribution >= 0.6 is 11.6 Å². The second-order valence-corrected chi connectivity index (χ2v) is 5.65. The van der Waals surface area contributed by atoms with Crippen molar-refractivity contribution in [3.8, 4) is 0 Å². The van der Waals surface area contributed by atoms with Crippen molar-refractivity contribution < 1.29 is 4.79 Å². The lowest BCUT2D eigenvalue weighted by Crippen LogP contribution is -2.07. The van der Waals surface area contributed by atoms with Crippen molar-refractivity contribution in [3.63, 3.8) is 0 Å². The van der Waals surface area contributed by atoms with Gasteiger partial charge < -0.3 is 15.6 Å². The Morgan fingerprint density at radius 1 is 1.13 bits per heavy atom. The molecule has 0 saturated heterocycles. The third-order valence-corrected chi connectivity index (χ3v) is 3.94. The molecule has 3 N–H and O–H groups in total. The van der Waals surface area contributed by atoms with Crippen molar-refractivity contribution in [2.24, 2.45) is 7.05 Å². The quantitative estimate of drug-likeness (QED) is 0.557. The van der Waals surface area contributed by atoms with Crippen molar-refractivity contribution >= 4 is 34.4 Å². The first kappa shape index (κ1) is 15.2. The van der Waals surface area contributed by atoms with Crippen LogP contribution in [0.4, 0.5) is 17.1 Å². The minimum atomic E-state index is -0.103. The summed E-state index contributed by atoms with van der Waals surface area (Å²) >= 11 is 6.30. The number of ketones is 1. The normalized spacial score (nSPS) is 10.5. The molecule has 0 unspecified atom stereocenters. The Bertz CT molecular complexity index is 870. The van der Waals surface area contributed by atoms with Crippen LogP contribution in [0.15, 0.2) is 60.8 Å². The fourth-order valence-electron chi connectivity index (χ4n) is 2.38. The number of carbonyl (C=O) groups excluding carboxylic acids is 1. The average Bonchev–Trinajstić information content (AvgIpc) is 2.95. The smallest absolute Gasteiger partial charge is 0.210 e. The maximum atomic E-state index is 12.5. The number of para-hydroxylation sites is 2. The van der Waals surface area contributed by atoms with E-state index in [1.165, 1.54) is 0 Å². The van der Waals surface area contributed by atoms with E-state index in [2.05, 4.69) is 5.32 Å². The number of hydrogen-bond donors (Lipinski definition) is 2. The van der Waals surface area contributed by atoms with Gasteiger partial charge in [-0.3, -0.25) is 4.79 Å². The highest BCUT2D eigenvalue weighted by molar-refractivity contribution is 6.35. The molecule has 4 nitrogen and oxygen atoms in total. The van der Waals surface area contributed by atoms with E-state index in [0.29, 0.717) is 22.0 Å². The molecule has 1 heterocycles. The molecular weight excluding hydrogens is 310 g/mol. The molecule has 3 rings (SSSR count). The number of aryl methyl sites for hydroxylation is 1. The van der Waals surface area contributed by atoms with Gasteiger partial charge in [0.05, 0.1) is 22.1 Å². The monoisotopic (exact) mass is 325 g/mol. The molecule has 0 aliphatic heterocycles. The average molecular weight is 326 g/mol. The Kier molecular flexibility index (Phi) is 4.08. The van der Waals surface area contributed by atoms with Gasteiger partial charge in [-0.1, -0.05) is 23.7 Å². The number of carbonyl (C=O) groups is 1. The molecule has 0 aliphatic carbocycles. The van der Waals surface area contributed by atoms with Crippen LogP contribution in [0.3, 0.4) is 0 Å². The lowest BCUT2D eigenvalue weighted by Gasteiger charge is -2.11. The fraction of sp³-hybridized carbons (Fsp3) is 0.0556. The molecule has 0 fully saturated rings. The highest BCUT2D eigenvalue weighted by atomic mass is 35.5. The van der Waals surface area contributed by atoms with E-state index in [0.717, 1.165) is 11.4 Å². The summed E-state index contributed by atoms with van der Waals surface area (Å²) in [5.74, 6) is -0.103. The number of nitrogens with one attached hydrogen (secondary N) is 1. The summed E-state index contributed by atoms with van der Waals surface area (Å²) in [6.45, 7) is 0. The number of anilines is 3. The molecule has 0 saturated carbocycles. The van der Waals surface area contributed by atoms with Gasteiger partial charge in [-0.15, -0.1) is 0 Å². The molecule has 2 aromatic carbocycles. The third-order valence-electron chi connectivity index (χ3n) is 3.63. The molecule has 5 heteroatoms. The topological polar surface area (TPSA) is 60.0 Å². The number of aromatic nitrogens is 1. The van der Waals surface area contributed by atoms with Crippen LogP contribution in [-0.4, -0.2) is 10.4 Å². The Balaban J connectivity index is 1.88. The number of rotatable bonds is 4. The van der Waals surface area contributed by atoms with Gasteiger partial charge in [0.25, 0.3) is 0 Å². The zero-order valence-electron chi connectivity index (χ0n) is 12.6. The Labute approximate surface area is 139 Å². The number of nitrogens with two attached hydrogens (primary N) is 1. The number of nitrogens with zero attached hydrogens (tertiary/aromatic N) is 1. The van der Waals surface area contributed by atoms with Crippen LogP contribution in [0, 0.1) is 0 Å². The van der Waals surface area contributed by atoms with E-state index in [1.54, 1.807) is 22.8 Å². The maximum absolute atomic E-state index is 12.5. The summed E-state index contributed by atoms with van der Waals surface area (Å²) in [6, 6.07) is 16.3. The van der Waals surface area contributed by atoms with Gasteiger partial charge in [-0.05, 0) is 42.5 Å². The molecule has 0 spiro atoms. The SMILES string of the molecule is Cn1cccc1C(=O)c1ccc(Nc2ccccc2N)cc1Cl. The first-order valence-electron chi connectivity index (χ1n) is 7.13. The lowest BCUT2D eigenvalue weighted by molar-refractivity contribution is 0.103. The number of halogens is 1. The predicted molar refractivity (Wildman–Crippen MR) is 94.4 cm³/mol. The van der Waals surface area contributed by atoms with E-state index < -0.39 is 0 Å². The largest absolute Gasteiger partial charge is 0.397 e. The van der Waals surface area contributed by atoms with Gasteiger partial charge >= 0.3 is 0 Å². The molecule has 0 aliphatic rings. The van der Waals surface area contributed by atoms with E-state index in [4.69, 9.17) is 17.3 Å². The maximum Gasteiger partial charge on any atom is 0.210 e. The van der Waals surface area contributed by atoms with Crippen LogP contribution in [0.25, 0.3) is 0 Å². The second-order valence-electron chi connectivity index (χ2n) is 5.24. The summed E-state index contributed by atoms with van der Waals surface area (Å²) in [6.07, 6.45) is 1.83. The van der Waals surface area contributed by atoms with Crippen LogP contribution < -0.4 is 11.1 Å². The van der Waals surface area contributed by atoms with Crippen molar-refractivity contribution in [2.45, 2.75) is 0 Å². The Morgan fingerprint density at radius 3 is 2.57 bits per heavy atom. The fourth-order valence-corrected chi connectivity index (χ4v) is 2.64. The minimum Gasteiger partial charge on any atom is -0.397 e. The van der Waals surface area contributed by atoms with Crippen LogP contribution in [0.2, 0.25) is 5.02 Å². The van der Waals surface area contributed by atoms with Crippen LogP contribution in [0.5, 0.6) is 0 Å². The number of benzene rings is 2. The summed E-state index contributed by atoms with van der Waals surface area (Å²) in [5, 5.41) is 3.60.